The van der Waals surface area contributed by atoms with Gasteiger partial charge in [0.25, 0.3) is 0 Å². The van der Waals surface area contributed by atoms with E-state index in [1.165, 1.54) is 11.0 Å². The van der Waals surface area contributed by atoms with Crippen molar-refractivity contribution in [3.63, 3.8) is 0 Å². The Morgan fingerprint density at radius 1 is 1.56 bits per heavy atom. The molecule has 2 fully saturated rings. The van der Waals surface area contributed by atoms with Crippen LogP contribution in [0.25, 0.3) is 0 Å². The van der Waals surface area contributed by atoms with Crippen molar-refractivity contribution in [2.24, 2.45) is 5.92 Å². The average Bonchev–Trinajstić information content (AvgIpc) is 2.82. The number of aliphatic carboxylic acids is 1. The van der Waals surface area contributed by atoms with Gasteiger partial charge in [-0.15, -0.1) is 0 Å². The van der Waals surface area contributed by atoms with Gasteiger partial charge in [-0.1, -0.05) is 12.7 Å². The Labute approximate surface area is 105 Å². The van der Waals surface area contributed by atoms with Crippen LogP contribution in [-0.4, -0.2) is 54.0 Å². The fraction of sp³-hybridized carbons (Fsp3) is 0.667. The van der Waals surface area contributed by atoms with E-state index in [9.17, 15) is 9.59 Å². The number of carbonyl (C=O) groups excluding carboxylic acids is 1. The number of carbonyl (C=O) groups is 2. The van der Waals surface area contributed by atoms with Crippen LogP contribution in [0.2, 0.25) is 0 Å². The Bertz CT molecular complexity index is 356. The molecule has 3 unspecified atom stereocenters. The van der Waals surface area contributed by atoms with E-state index in [0.717, 1.165) is 6.42 Å². The van der Waals surface area contributed by atoms with E-state index in [2.05, 4.69) is 6.58 Å². The summed E-state index contributed by atoms with van der Waals surface area (Å²) in [6, 6.07) is -0.0575. The third-order valence-corrected chi connectivity index (χ3v) is 3.42. The molecular formula is C12H17NO5. The number of ether oxygens (including phenoxy) is 2. The highest BCUT2D eigenvalue weighted by atomic mass is 16.6. The monoisotopic (exact) mass is 255 g/mol. The Hall–Kier alpha value is -1.56. The van der Waals surface area contributed by atoms with Crippen molar-refractivity contribution < 1.29 is 24.2 Å². The molecule has 2 rings (SSSR count). The number of piperidine rings is 1. The third kappa shape index (κ3) is 2.48. The van der Waals surface area contributed by atoms with Crippen molar-refractivity contribution in [1.82, 2.24) is 4.90 Å². The fourth-order valence-electron chi connectivity index (χ4n) is 2.55. The van der Waals surface area contributed by atoms with Crippen molar-refractivity contribution >= 4 is 12.1 Å². The molecule has 2 aliphatic heterocycles. The Kier molecular flexibility index (Phi) is 3.86. The van der Waals surface area contributed by atoms with Crippen LogP contribution in [0.15, 0.2) is 12.7 Å². The lowest BCUT2D eigenvalue weighted by Gasteiger charge is -2.38. The minimum Gasteiger partial charge on any atom is -0.481 e. The SMILES string of the molecule is C=CCOC(=O)N1CC(C(=O)O)CC2OCCC21. The van der Waals surface area contributed by atoms with Gasteiger partial charge < -0.3 is 19.5 Å². The first-order valence-electron chi connectivity index (χ1n) is 6.02. The van der Waals surface area contributed by atoms with Crippen LogP contribution in [0.1, 0.15) is 12.8 Å². The summed E-state index contributed by atoms with van der Waals surface area (Å²) in [5.41, 5.74) is 0. The quantitative estimate of drug-likeness (QED) is 0.757. The maximum Gasteiger partial charge on any atom is 0.410 e. The Morgan fingerprint density at radius 2 is 2.33 bits per heavy atom. The molecule has 0 aromatic carbocycles. The first-order valence-corrected chi connectivity index (χ1v) is 6.02. The first kappa shape index (κ1) is 12.9. The van der Waals surface area contributed by atoms with Gasteiger partial charge in [0, 0.05) is 13.2 Å². The van der Waals surface area contributed by atoms with Gasteiger partial charge in [-0.25, -0.2) is 4.79 Å². The average molecular weight is 255 g/mol. The zero-order chi connectivity index (χ0) is 13.1. The topological polar surface area (TPSA) is 76.1 Å². The van der Waals surface area contributed by atoms with Gasteiger partial charge >= 0.3 is 12.1 Å². The number of fused-ring (bicyclic) bond motifs is 1. The number of hydrogen-bond donors (Lipinski definition) is 1. The summed E-state index contributed by atoms with van der Waals surface area (Å²) < 4.78 is 10.5. The van der Waals surface area contributed by atoms with E-state index in [0.29, 0.717) is 13.0 Å². The van der Waals surface area contributed by atoms with E-state index >= 15 is 0 Å². The largest absolute Gasteiger partial charge is 0.481 e. The second-order valence-electron chi connectivity index (χ2n) is 4.55. The van der Waals surface area contributed by atoms with Crippen LogP contribution in [0.3, 0.4) is 0 Å². The van der Waals surface area contributed by atoms with E-state index in [1.807, 2.05) is 0 Å². The van der Waals surface area contributed by atoms with Gasteiger partial charge in [-0.3, -0.25) is 4.79 Å². The third-order valence-electron chi connectivity index (χ3n) is 3.42. The van der Waals surface area contributed by atoms with Gasteiger partial charge in [0.1, 0.15) is 6.61 Å². The number of carboxylic acids is 1. The van der Waals surface area contributed by atoms with E-state index in [4.69, 9.17) is 14.6 Å². The molecule has 1 amide bonds. The van der Waals surface area contributed by atoms with Crippen LogP contribution in [-0.2, 0) is 14.3 Å². The highest BCUT2D eigenvalue weighted by molar-refractivity contribution is 5.73. The van der Waals surface area contributed by atoms with Gasteiger partial charge in [-0.2, -0.15) is 0 Å². The molecule has 0 aliphatic carbocycles. The Balaban J connectivity index is 2.07. The lowest BCUT2D eigenvalue weighted by molar-refractivity contribution is -0.145. The van der Waals surface area contributed by atoms with E-state index < -0.39 is 18.0 Å². The summed E-state index contributed by atoms with van der Waals surface area (Å²) in [4.78, 5) is 24.4. The molecule has 0 aromatic rings. The summed E-state index contributed by atoms with van der Waals surface area (Å²) in [5, 5.41) is 9.08. The molecule has 2 heterocycles. The summed E-state index contributed by atoms with van der Waals surface area (Å²) in [7, 11) is 0. The summed E-state index contributed by atoms with van der Waals surface area (Å²) in [6.45, 7) is 4.36. The maximum absolute atomic E-state index is 11.9. The van der Waals surface area contributed by atoms with Crippen molar-refractivity contribution in [3.8, 4) is 0 Å². The van der Waals surface area contributed by atoms with E-state index in [-0.39, 0.29) is 25.3 Å². The van der Waals surface area contributed by atoms with Gasteiger partial charge in [0.2, 0.25) is 0 Å². The number of rotatable bonds is 3. The van der Waals surface area contributed by atoms with Crippen LogP contribution < -0.4 is 0 Å². The molecule has 0 saturated carbocycles. The van der Waals surface area contributed by atoms with Gasteiger partial charge in [0.15, 0.2) is 0 Å². The molecule has 6 heteroatoms. The minimum absolute atomic E-state index is 0.0575. The summed E-state index contributed by atoms with van der Waals surface area (Å²) in [6.07, 6.45) is 2.02. The molecule has 1 N–H and O–H groups in total. The molecule has 0 spiro atoms. The molecule has 100 valence electrons. The van der Waals surface area contributed by atoms with Gasteiger partial charge in [0.05, 0.1) is 18.1 Å². The lowest BCUT2D eigenvalue weighted by Crippen LogP contribution is -2.53. The zero-order valence-corrected chi connectivity index (χ0v) is 10.1. The minimum atomic E-state index is -0.898. The van der Waals surface area contributed by atoms with Gasteiger partial charge in [-0.05, 0) is 12.8 Å². The highest BCUT2D eigenvalue weighted by Gasteiger charge is 2.44. The van der Waals surface area contributed by atoms with E-state index in [1.54, 1.807) is 0 Å². The molecule has 0 radical (unpaired) electrons. The van der Waals surface area contributed by atoms with Crippen molar-refractivity contribution in [2.75, 3.05) is 19.8 Å². The van der Waals surface area contributed by atoms with Crippen molar-refractivity contribution in [3.05, 3.63) is 12.7 Å². The first-order chi connectivity index (χ1) is 8.63. The number of amides is 1. The van der Waals surface area contributed by atoms with Crippen LogP contribution >= 0.6 is 0 Å². The van der Waals surface area contributed by atoms with Crippen LogP contribution in [0.5, 0.6) is 0 Å². The second kappa shape index (κ2) is 5.39. The van der Waals surface area contributed by atoms with Crippen molar-refractivity contribution in [2.45, 2.75) is 25.0 Å². The predicted molar refractivity (Wildman–Crippen MR) is 62.1 cm³/mol. The maximum atomic E-state index is 11.9. The second-order valence-corrected chi connectivity index (χ2v) is 4.55. The Morgan fingerprint density at radius 3 is 3.00 bits per heavy atom. The lowest BCUT2D eigenvalue weighted by atomic mass is 9.90. The molecule has 0 bridgehead atoms. The standard InChI is InChI=1S/C12H17NO5/c1-2-4-18-12(16)13-7-8(11(14)15)6-10-9(13)3-5-17-10/h2,8-10H,1,3-7H2,(H,14,15). The normalized spacial score (nSPS) is 30.7. The molecular weight excluding hydrogens is 238 g/mol. The number of nitrogens with zero attached hydrogens (tertiary/aromatic N) is 1. The molecule has 18 heavy (non-hydrogen) atoms. The summed E-state index contributed by atoms with van der Waals surface area (Å²) >= 11 is 0. The number of carboxylic acid groups (broad SMARTS) is 1. The van der Waals surface area contributed by atoms with Crippen LogP contribution in [0.4, 0.5) is 4.79 Å². The molecule has 0 aromatic heterocycles. The molecule has 2 saturated heterocycles. The smallest absolute Gasteiger partial charge is 0.410 e. The number of hydrogen-bond acceptors (Lipinski definition) is 4. The number of likely N-dealkylation sites (tertiary alicyclic amines) is 1. The molecule has 3 atom stereocenters. The van der Waals surface area contributed by atoms with Crippen molar-refractivity contribution in [1.29, 1.82) is 0 Å². The van der Waals surface area contributed by atoms with Crippen LogP contribution in [0, 0.1) is 5.92 Å². The summed E-state index contributed by atoms with van der Waals surface area (Å²) in [5.74, 6) is -1.48. The molecule has 2 aliphatic rings. The fourth-order valence-corrected chi connectivity index (χ4v) is 2.55. The highest BCUT2D eigenvalue weighted by Crippen LogP contribution is 2.31. The predicted octanol–water partition coefficient (Wildman–Crippen LogP) is 0.873. The zero-order valence-electron chi connectivity index (χ0n) is 10.1. The molecule has 6 nitrogen and oxygen atoms in total.